The summed E-state index contributed by atoms with van der Waals surface area (Å²) in [6.07, 6.45) is 2.20. The van der Waals surface area contributed by atoms with Crippen molar-refractivity contribution in [2.24, 2.45) is 0 Å². The first-order valence-corrected chi connectivity index (χ1v) is 7.18. The van der Waals surface area contributed by atoms with Crippen LogP contribution in [0.4, 0.5) is 0 Å². The van der Waals surface area contributed by atoms with E-state index in [1.165, 1.54) is 5.57 Å². The fraction of sp³-hybridized carbons (Fsp3) is 0.211. The fourth-order valence-electron chi connectivity index (χ4n) is 3.07. The van der Waals surface area contributed by atoms with Crippen molar-refractivity contribution in [2.45, 2.75) is 5.41 Å². The highest BCUT2D eigenvalue weighted by molar-refractivity contribution is 5.56. The van der Waals surface area contributed by atoms with Crippen LogP contribution >= 0.6 is 0 Å². The molecular weight excluding hydrogens is 256 g/mol. The molecule has 0 saturated carbocycles. The van der Waals surface area contributed by atoms with Crippen molar-refractivity contribution in [2.75, 3.05) is 20.1 Å². The van der Waals surface area contributed by atoms with E-state index in [4.69, 9.17) is 0 Å². The van der Waals surface area contributed by atoms with Gasteiger partial charge >= 0.3 is 0 Å². The molecule has 1 aliphatic rings. The molecule has 0 aromatic heterocycles. The van der Waals surface area contributed by atoms with E-state index in [0.29, 0.717) is 0 Å². The van der Waals surface area contributed by atoms with Gasteiger partial charge in [-0.2, -0.15) is 5.26 Å². The molecule has 0 unspecified atom stereocenters. The van der Waals surface area contributed by atoms with Crippen molar-refractivity contribution in [3.05, 3.63) is 83.4 Å². The molecule has 1 heterocycles. The Morgan fingerprint density at radius 2 is 1.48 bits per heavy atom. The lowest BCUT2D eigenvalue weighted by molar-refractivity contribution is 0.421. The van der Waals surface area contributed by atoms with Crippen molar-refractivity contribution in [3.8, 4) is 6.07 Å². The molecule has 0 aliphatic carbocycles. The molecule has 3 rings (SSSR count). The van der Waals surface area contributed by atoms with E-state index in [0.717, 1.165) is 24.2 Å². The number of likely N-dealkylation sites (N-methyl/N-ethyl adjacent to an activating group) is 1. The molecule has 1 aliphatic heterocycles. The second-order valence-corrected chi connectivity index (χ2v) is 5.52. The molecule has 2 aromatic carbocycles. The zero-order valence-corrected chi connectivity index (χ0v) is 12.2. The minimum Gasteiger partial charge on any atom is -0.299 e. The summed E-state index contributed by atoms with van der Waals surface area (Å²) in [4.78, 5) is 2.23. The van der Waals surface area contributed by atoms with Gasteiger partial charge in [0, 0.05) is 13.1 Å². The first-order valence-electron chi connectivity index (χ1n) is 7.18. The average molecular weight is 274 g/mol. The Bertz CT molecular complexity index is 641. The van der Waals surface area contributed by atoms with Crippen molar-refractivity contribution in [1.29, 1.82) is 5.26 Å². The Morgan fingerprint density at radius 1 is 0.952 bits per heavy atom. The lowest BCUT2D eigenvalue weighted by Crippen LogP contribution is -2.31. The van der Waals surface area contributed by atoms with Crippen LogP contribution in [-0.4, -0.2) is 25.0 Å². The lowest BCUT2D eigenvalue weighted by atomic mass is 9.70. The summed E-state index contributed by atoms with van der Waals surface area (Å²) in [6.45, 7) is 1.73. The first-order chi connectivity index (χ1) is 10.3. The van der Waals surface area contributed by atoms with Crippen molar-refractivity contribution < 1.29 is 0 Å². The molecular formula is C19H18N2. The van der Waals surface area contributed by atoms with E-state index in [-0.39, 0.29) is 0 Å². The third-order valence-corrected chi connectivity index (χ3v) is 4.15. The van der Waals surface area contributed by atoms with Crippen molar-refractivity contribution in [1.82, 2.24) is 4.90 Å². The minimum absolute atomic E-state index is 0.687. The van der Waals surface area contributed by atoms with Gasteiger partial charge in [0.1, 0.15) is 5.41 Å². The summed E-state index contributed by atoms with van der Waals surface area (Å²) in [5.41, 5.74) is 2.57. The molecule has 0 atom stereocenters. The van der Waals surface area contributed by atoms with Crippen LogP contribution in [0.25, 0.3) is 0 Å². The second-order valence-electron chi connectivity index (χ2n) is 5.52. The molecule has 21 heavy (non-hydrogen) atoms. The smallest absolute Gasteiger partial charge is 0.129 e. The number of nitrogens with zero attached hydrogens (tertiary/aromatic N) is 2. The van der Waals surface area contributed by atoms with Crippen LogP contribution in [0, 0.1) is 11.3 Å². The Morgan fingerprint density at radius 3 is 1.86 bits per heavy atom. The van der Waals surface area contributed by atoms with Gasteiger partial charge in [0.2, 0.25) is 0 Å². The molecule has 104 valence electrons. The van der Waals surface area contributed by atoms with E-state index in [9.17, 15) is 5.26 Å². The lowest BCUT2D eigenvalue weighted by Gasteiger charge is -2.30. The zero-order chi connectivity index (χ0) is 14.7. The summed E-state index contributed by atoms with van der Waals surface area (Å²) >= 11 is 0. The molecule has 0 N–H and O–H groups in total. The molecule has 2 heteroatoms. The summed E-state index contributed by atoms with van der Waals surface area (Å²) in [7, 11) is 2.08. The largest absolute Gasteiger partial charge is 0.299 e. The number of hydrogen-bond acceptors (Lipinski definition) is 2. The van der Waals surface area contributed by atoms with Crippen LogP contribution in [0.5, 0.6) is 0 Å². The third kappa shape index (κ3) is 2.26. The van der Waals surface area contributed by atoms with Gasteiger partial charge in [0.15, 0.2) is 0 Å². The van der Waals surface area contributed by atoms with Crippen LogP contribution in [-0.2, 0) is 5.41 Å². The van der Waals surface area contributed by atoms with Crippen LogP contribution < -0.4 is 0 Å². The van der Waals surface area contributed by atoms with Gasteiger partial charge in [-0.1, -0.05) is 66.7 Å². The SMILES string of the molecule is CN1CC=C(C(C#N)(c2ccccc2)c2ccccc2)C1. The predicted octanol–water partition coefficient (Wildman–Crippen LogP) is 3.37. The van der Waals surface area contributed by atoms with E-state index >= 15 is 0 Å². The molecule has 0 amide bonds. The van der Waals surface area contributed by atoms with Crippen molar-refractivity contribution in [3.63, 3.8) is 0 Å². The van der Waals surface area contributed by atoms with E-state index in [2.05, 4.69) is 48.4 Å². The highest BCUT2D eigenvalue weighted by Gasteiger charge is 2.40. The maximum Gasteiger partial charge on any atom is 0.129 e. The zero-order valence-electron chi connectivity index (χ0n) is 12.2. The predicted molar refractivity (Wildman–Crippen MR) is 84.9 cm³/mol. The van der Waals surface area contributed by atoms with Gasteiger partial charge in [0.25, 0.3) is 0 Å². The summed E-state index contributed by atoms with van der Waals surface area (Å²) in [6, 6.07) is 22.8. The first kappa shape index (κ1) is 13.6. The number of rotatable bonds is 3. The quantitative estimate of drug-likeness (QED) is 0.802. The van der Waals surface area contributed by atoms with E-state index < -0.39 is 5.41 Å². The maximum atomic E-state index is 10.1. The Hall–Kier alpha value is -2.37. The Labute approximate surface area is 126 Å². The summed E-state index contributed by atoms with van der Waals surface area (Å²) < 4.78 is 0. The molecule has 0 saturated heterocycles. The Kier molecular flexibility index (Phi) is 3.60. The van der Waals surface area contributed by atoms with Gasteiger partial charge in [0.05, 0.1) is 6.07 Å². The second kappa shape index (κ2) is 5.55. The highest BCUT2D eigenvalue weighted by atomic mass is 15.1. The van der Waals surface area contributed by atoms with Gasteiger partial charge < -0.3 is 0 Å². The average Bonchev–Trinajstić information content (AvgIpc) is 2.98. The van der Waals surface area contributed by atoms with Crippen LogP contribution in [0.2, 0.25) is 0 Å². The fourth-order valence-corrected chi connectivity index (χ4v) is 3.07. The van der Waals surface area contributed by atoms with Gasteiger partial charge in [-0.05, 0) is 23.7 Å². The monoisotopic (exact) mass is 274 g/mol. The highest BCUT2D eigenvalue weighted by Crippen LogP contribution is 2.40. The van der Waals surface area contributed by atoms with Crippen LogP contribution in [0.1, 0.15) is 11.1 Å². The van der Waals surface area contributed by atoms with Gasteiger partial charge in [-0.15, -0.1) is 0 Å². The van der Waals surface area contributed by atoms with E-state index in [1.54, 1.807) is 0 Å². The topological polar surface area (TPSA) is 27.0 Å². The molecule has 0 radical (unpaired) electrons. The molecule has 2 aromatic rings. The Balaban J connectivity index is 2.22. The summed E-state index contributed by atoms with van der Waals surface area (Å²) in [5, 5.41) is 10.1. The minimum atomic E-state index is -0.687. The molecule has 2 nitrogen and oxygen atoms in total. The number of benzene rings is 2. The van der Waals surface area contributed by atoms with Crippen molar-refractivity contribution >= 4 is 0 Å². The molecule has 0 bridgehead atoms. The van der Waals surface area contributed by atoms with Crippen LogP contribution in [0.15, 0.2) is 72.3 Å². The number of hydrogen-bond donors (Lipinski definition) is 0. The van der Waals surface area contributed by atoms with Gasteiger partial charge in [-0.3, -0.25) is 4.90 Å². The third-order valence-electron chi connectivity index (χ3n) is 4.15. The molecule has 0 fully saturated rings. The maximum absolute atomic E-state index is 10.1. The van der Waals surface area contributed by atoms with E-state index in [1.807, 2.05) is 36.4 Å². The summed E-state index contributed by atoms with van der Waals surface area (Å²) in [5.74, 6) is 0. The van der Waals surface area contributed by atoms with Crippen LogP contribution in [0.3, 0.4) is 0 Å². The normalized spacial score (nSPS) is 15.5. The number of nitriles is 1. The van der Waals surface area contributed by atoms with Gasteiger partial charge in [-0.25, -0.2) is 0 Å². The standard InChI is InChI=1S/C19H18N2/c1-21-13-12-18(14-21)19(15-20,16-8-4-2-5-9-16)17-10-6-3-7-11-17/h2-12H,13-14H2,1H3. The molecule has 0 spiro atoms.